The van der Waals surface area contributed by atoms with Crippen LogP contribution in [-0.4, -0.2) is 18.9 Å². The highest BCUT2D eigenvalue weighted by atomic mass is 16.5. The van der Waals surface area contributed by atoms with Gasteiger partial charge in [0.05, 0.1) is 6.61 Å². The van der Waals surface area contributed by atoms with Crippen molar-refractivity contribution in [1.29, 1.82) is 0 Å². The lowest BCUT2D eigenvalue weighted by molar-refractivity contribution is -0.141. The number of hydrogen-bond acceptors (Lipinski definition) is 3. The zero-order valence-corrected chi connectivity index (χ0v) is 11.8. The molecule has 3 heteroatoms. The van der Waals surface area contributed by atoms with Gasteiger partial charge in [0.25, 0.3) is 0 Å². The van der Waals surface area contributed by atoms with Crippen molar-refractivity contribution in [2.45, 2.75) is 77.6 Å². The minimum Gasteiger partial charge on any atom is -0.466 e. The van der Waals surface area contributed by atoms with E-state index in [-0.39, 0.29) is 5.97 Å². The number of hydrogen-bond donors (Lipinski definition) is 0. The van der Waals surface area contributed by atoms with Crippen LogP contribution in [0.1, 0.15) is 77.6 Å². The number of carbonyl (C=O) groups excluding carboxylic acids is 2. The first-order valence-electron chi connectivity index (χ1n) is 7.34. The van der Waals surface area contributed by atoms with Gasteiger partial charge in [0.1, 0.15) is 6.29 Å². The molecule has 0 radical (unpaired) electrons. The molecule has 0 bridgehead atoms. The first kappa shape index (κ1) is 17.1. The van der Waals surface area contributed by atoms with Crippen LogP contribution in [-0.2, 0) is 14.3 Å². The Morgan fingerprint density at radius 2 is 1.28 bits per heavy atom. The zero-order chi connectivity index (χ0) is 13.5. The second-order valence-electron chi connectivity index (χ2n) is 4.83. The smallest absolute Gasteiger partial charge is 0.302 e. The Bertz CT molecular complexity index is 202. The Labute approximate surface area is 111 Å². The zero-order valence-electron chi connectivity index (χ0n) is 11.8. The van der Waals surface area contributed by atoms with E-state index in [1.54, 1.807) is 0 Å². The molecule has 0 spiro atoms. The molecule has 0 saturated heterocycles. The molecular formula is C15H28O3. The van der Waals surface area contributed by atoms with Crippen molar-refractivity contribution in [2.24, 2.45) is 0 Å². The topological polar surface area (TPSA) is 43.4 Å². The van der Waals surface area contributed by atoms with Crippen molar-refractivity contribution in [1.82, 2.24) is 0 Å². The second-order valence-corrected chi connectivity index (χ2v) is 4.83. The highest BCUT2D eigenvalue weighted by Gasteiger charge is 1.95. The predicted octanol–water partition coefficient (Wildman–Crippen LogP) is 4.04. The minimum absolute atomic E-state index is 0.176. The Hall–Kier alpha value is -0.860. The molecule has 106 valence electrons. The van der Waals surface area contributed by atoms with E-state index in [9.17, 15) is 9.59 Å². The number of carbonyl (C=O) groups is 2. The molecule has 0 aromatic rings. The minimum atomic E-state index is -0.176. The van der Waals surface area contributed by atoms with Gasteiger partial charge in [-0.15, -0.1) is 0 Å². The quantitative estimate of drug-likeness (QED) is 0.284. The molecule has 18 heavy (non-hydrogen) atoms. The van der Waals surface area contributed by atoms with Crippen molar-refractivity contribution in [2.75, 3.05) is 6.61 Å². The lowest BCUT2D eigenvalue weighted by Gasteiger charge is -2.03. The van der Waals surface area contributed by atoms with Crippen LogP contribution in [0, 0.1) is 0 Å². The number of aldehydes is 1. The van der Waals surface area contributed by atoms with Crippen LogP contribution in [0.4, 0.5) is 0 Å². The van der Waals surface area contributed by atoms with E-state index in [1.165, 1.54) is 51.9 Å². The largest absolute Gasteiger partial charge is 0.466 e. The summed E-state index contributed by atoms with van der Waals surface area (Å²) in [6.45, 7) is 2.03. The molecule has 0 rings (SSSR count). The highest BCUT2D eigenvalue weighted by molar-refractivity contribution is 5.65. The summed E-state index contributed by atoms with van der Waals surface area (Å²) in [5, 5.41) is 0. The van der Waals surface area contributed by atoms with Crippen molar-refractivity contribution < 1.29 is 14.3 Å². The summed E-state index contributed by atoms with van der Waals surface area (Å²) in [6.07, 6.45) is 13.8. The molecule has 0 heterocycles. The molecular weight excluding hydrogens is 228 g/mol. The molecule has 0 aliphatic heterocycles. The van der Waals surface area contributed by atoms with Crippen LogP contribution in [0.5, 0.6) is 0 Å². The number of ether oxygens (including phenoxy) is 1. The van der Waals surface area contributed by atoms with E-state index in [0.29, 0.717) is 6.61 Å². The molecule has 0 aromatic heterocycles. The number of unbranched alkanes of at least 4 members (excludes halogenated alkanes) is 10. The molecule has 0 amide bonds. The van der Waals surface area contributed by atoms with Crippen molar-refractivity contribution >= 4 is 12.3 Å². The van der Waals surface area contributed by atoms with E-state index < -0.39 is 0 Å². The Morgan fingerprint density at radius 1 is 0.833 bits per heavy atom. The van der Waals surface area contributed by atoms with Crippen LogP contribution < -0.4 is 0 Å². The molecule has 3 nitrogen and oxygen atoms in total. The summed E-state index contributed by atoms with van der Waals surface area (Å²) in [5.41, 5.74) is 0. The van der Waals surface area contributed by atoms with Gasteiger partial charge in [0.15, 0.2) is 0 Å². The summed E-state index contributed by atoms with van der Waals surface area (Å²) in [7, 11) is 0. The summed E-state index contributed by atoms with van der Waals surface area (Å²) < 4.78 is 4.87. The Morgan fingerprint density at radius 3 is 1.72 bits per heavy atom. The maximum atomic E-state index is 10.5. The van der Waals surface area contributed by atoms with Gasteiger partial charge in [0, 0.05) is 13.3 Å². The van der Waals surface area contributed by atoms with Crippen LogP contribution in [0.25, 0.3) is 0 Å². The average molecular weight is 256 g/mol. The SMILES string of the molecule is CC(=O)OCCCCCCCCCCCCC=O. The van der Waals surface area contributed by atoms with Gasteiger partial charge >= 0.3 is 5.97 Å². The van der Waals surface area contributed by atoms with Crippen molar-refractivity contribution in [3.05, 3.63) is 0 Å². The van der Waals surface area contributed by atoms with Crippen LogP contribution in [0.2, 0.25) is 0 Å². The summed E-state index contributed by atoms with van der Waals surface area (Å²) in [6, 6.07) is 0. The van der Waals surface area contributed by atoms with E-state index >= 15 is 0 Å². The first-order chi connectivity index (χ1) is 8.77. The normalized spacial score (nSPS) is 10.3. The van der Waals surface area contributed by atoms with Gasteiger partial charge in [-0.25, -0.2) is 0 Å². The third-order valence-corrected chi connectivity index (χ3v) is 3.02. The van der Waals surface area contributed by atoms with Crippen molar-refractivity contribution in [3.63, 3.8) is 0 Å². The van der Waals surface area contributed by atoms with Gasteiger partial charge in [0.2, 0.25) is 0 Å². The predicted molar refractivity (Wildman–Crippen MR) is 73.5 cm³/mol. The summed E-state index contributed by atoms with van der Waals surface area (Å²) >= 11 is 0. The molecule has 0 aliphatic carbocycles. The highest BCUT2D eigenvalue weighted by Crippen LogP contribution is 2.11. The molecule has 0 atom stereocenters. The maximum absolute atomic E-state index is 10.5. The number of esters is 1. The molecule has 0 saturated carbocycles. The van der Waals surface area contributed by atoms with E-state index in [4.69, 9.17) is 4.74 Å². The van der Waals surface area contributed by atoms with Crippen LogP contribution in [0.3, 0.4) is 0 Å². The maximum Gasteiger partial charge on any atom is 0.302 e. The monoisotopic (exact) mass is 256 g/mol. The van der Waals surface area contributed by atoms with Gasteiger partial charge in [-0.3, -0.25) is 4.79 Å². The van der Waals surface area contributed by atoms with Gasteiger partial charge in [-0.2, -0.15) is 0 Å². The number of rotatable bonds is 13. The third kappa shape index (κ3) is 15.1. The van der Waals surface area contributed by atoms with Crippen molar-refractivity contribution in [3.8, 4) is 0 Å². The van der Waals surface area contributed by atoms with Gasteiger partial charge in [-0.1, -0.05) is 51.4 Å². The second kappa shape index (κ2) is 14.2. The Balaban J connectivity index is 2.94. The van der Waals surface area contributed by atoms with Crippen LogP contribution in [0.15, 0.2) is 0 Å². The Kier molecular flexibility index (Phi) is 13.5. The third-order valence-electron chi connectivity index (χ3n) is 3.02. The lowest BCUT2D eigenvalue weighted by atomic mass is 10.1. The lowest BCUT2D eigenvalue weighted by Crippen LogP contribution is -2.00. The molecule has 0 N–H and O–H groups in total. The van der Waals surface area contributed by atoms with Gasteiger partial charge < -0.3 is 9.53 Å². The first-order valence-corrected chi connectivity index (χ1v) is 7.34. The summed E-state index contributed by atoms with van der Waals surface area (Å²) in [4.78, 5) is 20.6. The standard InChI is InChI=1S/C15H28O3/c1-15(17)18-14-12-10-8-6-4-2-3-5-7-9-11-13-16/h13H,2-12,14H2,1H3. The van der Waals surface area contributed by atoms with E-state index in [2.05, 4.69) is 0 Å². The average Bonchev–Trinajstić information content (AvgIpc) is 2.34. The molecule has 0 unspecified atom stereocenters. The molecule has 0 aromatic carbocycles. The summed E-state index contributed by atoms with van der Waals surface area (Å²) in [5.74, 6) is -0.176. The molecule has 0 fully saturated rings. The molecule has 0 aliphatic rings. The van der Waals surface area contributed by atoms with Crippen LogP contribution >= 0.6 is 0 Å². The van der Waals surface area contributed by atoms with Gasteiger partial charge in [-0.05, 0) is 12.8 Å². The fourth-order valence-corrected chi connectivity index (χ4v) is 1.96. The van der Waals surface area contributed by atoms with E-state index in [1.807, 2.05) is 0 Å². The van der Waals surface area contributed by atoms with E-state index in [0.717, 1.165) is 32.0 Å². The fraction of sp³-hybridized carbons (Fsp3) is 0.867. The fourth-order valence-electron chi connectivity index (χ4n) is 1.96.